The van der Waals surface area contributed by atoms with E-state index in [0.29, 0.717) is 36.1 Å². The van der Waals surface area contributed by atoms with E-state index in [1.54, 1.807) is 51.7 Å². The lowest BCUT2D eigenvalue weighted by molar-refractivity contribution is -0.114. The lowest BCUT2D eigenvalue weighted by Crippen LogP contribution is -2.39. The van der Waals surface area contributed by atoms with E-state index in [1.165, 1.54) is 42.5 Å². The summed E-state index contributed by atoms with van der Waals surface area (Å²) in [5, 5.41) is 2.33. The third-order valence-electron chi connectivity index (χ3n) is 7.55. The highest BCUT2D eigenvalue weighted by Crippen LogP contribution is 2.37. The molecule has 1 aliphatic rings. The highest BCUT2D eigenvalue weighted by atomic mass is 35.5. The highest BCUT2D eigenvalue weighted by Gasteiger charge is 2.35. The molecule has 0 saturated carbocycles. The van der Waals surface area contributed by atoms with E-state index in [2.05, 4.69) is 4.98 Å². The number of imidazole rings is 1. The second-order valence-corrected chi connectivity index (χ2v) is 13.0. The molecule has 1 saturated heterocycles. The van der Waals surface area contributed by atoms with Gasteiger partial charge in [-0.25, -0.2) is 4.79 Å². The van der Waals surface area contributed by atoms with Gasteiger partial charge in [0, 0.05) is 35.5 Å². The van der Waals surface area contributed by atoms with E-state index in [-0.39, 0.29) is 35.4 Å². The Bertz CT molecular complexity index is 2230. The van der Waals surface area contributed by atoms with Crippen molar-refractivity contribution in [1.82, 2.24) is 23.4 Å². The van der Waals surface area contributed by atoms with E-state index >= 15 is 0 Å². The Hall–Kier alpha value is -4.30. The van der Waals surface area contributed by atoms with Crippen LogP contribution >= 0.6 is 47.2 Å². The topological polar surface area (TPSA) is 106 Å². The number of ether oxygens (including phenoxy) is 2. The number of carbonyl (C=O) groups is 1. The Morgan fingerprint density at radius 3 is 2.35 bits per heavy atom. The van der Waals surface area contributed by atoms with Gasteiger partial charge in [-0.2, -0.15) is 9.99 Å². The van der Waals surface area contributed by atoms with Gasteiger partial charge in [-0.15, -0.1) is 0 Å². The number of thioether (sulfide) groups is 1. The van der Waals surface area contributed by atoms with Crippen LogP contribution in [0.25, 0.3) is 17.2 Å². The zero-order chi connectivity index (χ0) is 33.0. The number of hydrogen-bond acceptors (Lipinski definition) is 8. The van der Waals surface area contributed by atoms with Crippen LogP contribution in [0.15, 0.2) is 63.0 Å². The number of fused-ring (bicyclic) bond motifs is 1. The largest absolute Gasteiger partial charge is 0.493 e. The normalized spacial score (nSPS) is 14.2. The summed E-state index contributed by atoms with van der Waals surface area (Å²) >= 11 is 19.3. The van der Waals surface area contributed by atoms with Crippen LogP contribution in [0.1, 0.15) is 22.5 Å². The van der Waals surface area contributed by atoms with E-state index in [9.17, 15) is 14.4 Å². The predicted octanol–water partition coefficient (Wildman–Crippen LogP) is 5.55. The fourth-order valence-corrected chi connectivity index (χ4v) is 6.90. The number of nitrogens with zero attached hydrogens (tertiary/aromatic N) is 6. The number of amides is 1. The Balaban J connectivity index is 1.39. The molecule has 0 spiro atoms. The molecule has 5 aromatic rings. The van der Waals surface area contributed by atoms with Crippen LogP contribution in [0.5, 0.6) is 17.5 Å². The fourth-order valence-electron chi connectivity index (χ4n) is 5.19. The summed E-state index contributed by atoms with van der Waals surface area (Å²) in [6.07, 6.45) is 1.73. The van der Waals surface area contributed by atoms with Crippen LogP contribution in [0.3, 0.4) is 0 Å². The van der Waals surface area contributed by atoms with E-state index in [4.69, 9.17) is 44.9 Å². The van der Waals surface area contributed by atoms with Crippen molar-refractivity contribution in [1.29, 1.82) is 0 Å². The first-order valence-corrected chi connectivity index (χ1v) is 15.8. The molecular weight excluding hydrogens is 671 g/mol. The van der Waals surface area contributed by atoms with Crippen molar-refractivity contribution in [2.24, 2.45) is 14.1 Å². The minimum absolute atomic E-state index is 0.0312. The molecule has 1 aliphatic heterocycles. The van der Waals surface area contributed by atoms with Gasteiger partial charge in [-0.1, -0.05) is 47.1 Å². The molecular formula is C31H26Cl2N6O5S2. The number of aromatic nitrogens is 5. The average molecular weight is 698 g/mol. The van der Waals surface area contributed by atoms with Crippen LogP contribution in [-0.2, 0) is 25.4 Å². The van der Waals surface area contributed by atoms with E-state index in [1.807, 2.05) is 26.0 Å². The first-order chi connectivity index (χ1) is 21.9. The number of halogens is 2. The van der Waals surface area contributed by atoms with Crippen LogP contribution in [0.4, 0.5) is 0 Å². The smallest absolute Gasteiger partial charge is 0.332 e. The van der Waals surface area contributed by atoms with Gasteiger partial charge in [0.15, 0.2) is 27.0 Å². The highest BCUT2D eigenvalue weighted by molar-refractivity contribution is 8.27. The number of rotatable bonds is 7. The lowest BCUT2D eigenvalue weighted by atomic mass is 10.2. The molecule has 0 bridgehead atoms. The van der Waals surface area contributed by atoms with Gasteiger partial charge in [0.1, 0.15) is 0 Å². The molecule has 0 N–H and O–H groups in total. The van der Waals surface area contributed by atoms with Gasteiger partial charge in [0.25, 0.3) is 11.5 Å². The number of aryl methyl sites for hydroxylation is 3. The maximum Gasteiger partial charge on any atom is 0.332 e. The monoisotopic (exact) mass is 696 g/mol. The van der Waals surface area contributed by atoms with Crippen molar-refractivity contribution in [2.45, 2.75) is 20.4 Å². The first kappa shape index (κ1) is 31.7. The molecule has 0 unspecified atom stereocenters. The number of thiocarbonyl (C=S) groups is 1. The van der Waals surface area contributed by atoms with Gasteiger partial charge in [0.2, 0.25) is 0 Å². The van der Waals surface area contributed by atoms with Crippen molar-refractivity contribution in [3.05, 3.63) is 107 Å². The molecule has 3 aromatic heterocycles. The SMILES string of the molecule is COc1cc(/C=C2\SC(=S)N(n3c(C)ccc3C)C2=O)ccc1Oc1nc2c(c(=O)n(C)c(=O)n2C)n1Cc1ccc(Cl)cc1Cl. The zero-order valence-electron chi connectivity index (χ0n) is 25.2. The van der Waals surface area contributed by atoms with Gasteiger partial charge in [-0.05, 0) is 79.7 Å². The van der Waals surface area contributed by atoms with Crippen molar-refractivity contribution < 1.29 is 14.3 Å². The summed E-state index contributed by atoms with van der Waals surface area (Å²) < 4.78 is 18.0. The Morgan fingerprint density at radius 1 is 0.957 bits per heavy atom. The van der Waals surface area contributed by atoms with Crippen LogP contribution in [-0.4, -0.2) is 40.7 Å². The lowest BCUT2D eigenvalue weighted by Gasteiger charge is -2.20. The van der Waals surface area contributed by atoms with Crippen molar-refractivity contribution >= 4 is 74.6 Å². The van der Waals surface area contributed by atoms with E-state index in [0.717, 1.165) is 16.0 Å². The van der Waals surface area contributed by atoms with Crippen molar-refractivity contribution in [2.75, 3.05) is 12.1 Å². The van der Waals surface area contributed by atoms with Crippen molar-refractivity contribution in [3.8, 4) is 17.5 Å². The second kappa shape index (κ2) is 12.1. The molecule has 0 atom stereocenters. The predicted molar refractivity (Wildman–Crippen MR) is 184 cm³/mol. The summed E-state index contributed by atoms with van der Waals surface area (Å²) in [7, 11) is 4.41. The molecule has 11 nitrogen and oxygen atoms in total. The molecule has 15 heteroatoms. The molecule has 46 heavy (non-hydrogen) atoms. The second-order valence-electron chi connectivity index (χ2n) is 10.5. The van der Waals surface area contributed by atoms with Gasteiger partial charge in [0.05, 0.1) is 18.6 Å². The number of methoxy groups -OCH3 is 1. The van der Waals surface area contributed by atoms with Crippen molar-refractivity contribution in [3.63, 3.8) is 0 Å². The van der Waals surface area contributed by atoms with Gasteiger partial charge >= 0.3 is 11.7 Å². The summed E-state index contributed by atoms with van der Waals surface area (Å²) in [5.41, 5.74) is 2.30. The summed E-state index contributed by atoms with van der Waals surface area (Å²) in [5.74, 6) is 0.385. The average Bonchev–Trinajstić information content (AvgIpc) is 3.64. The Kier molecular flexibility index (Phi) is 8.36. The quantitative estimate of drug-likeness (QED) is 0.161. The molecule has 4 heterocycles. The van der Waals surface area contributed by atoms with Gasteiger partial charge in [-0.3, -0.25) is 28.0 Å². The fraction of sp³-hybridized carbons (Fsp3) is 0.194. The maximum atomic E-state index is 13.4. The maximum absolute atomic E-state index is 13.4. The molecule has 2 aromatic carbocycles. The number of benzene rings is 2. The zero-order valence-corrected chi connectivity index (χ0v) is 28.3. The Morgan fingerprint density at radius 2 is 1.67 bits per heavy atom. The standard InChI is InChI=1S/C31H26Cl2N6O5S2/c1-16-6-7-17(2)38(16)39-27(40)24(46-31(39)45)13-18-8-11-22(23(12-18)43-5)44-29-34-26-25(28(41)36(4)30(42)35(26)3)37(29)15-19-9-10-20(32)14-21(19)33/h6-14H,15H2,1-5H3/b24-13-. The van der Waals surface area contributed by atoms with Gasteiger partial charge < -0.3 is 9.47 Å². The molecule has 1 amide bonds. The first-order valence-electron chi connectivity index (χ1n) is 13.8. The van der Waals surface area contributed by atoms with E-state index < -0.39 is 11.2 Å². The van der Waals surface area contributed by atoms with Crippen LogP contribution in [0, 0.1) is 13.8 Å². The molecule has 1 fully saturated rings. The number of carbonyl (C=O) groups excluding carboxylic acids is 1. The summed E-state index contributed by atoms with van der Waals surface area (Å²) in [6, 6.07) is 14.1. The minimum atomic E-state index is -0.546. The minimum Gasteiger partial charge on any atom is -0.493 e. The van der Waals surface area contributed by atoms with Crippen LogP contribution in [0.2, 0.25) is 10.0 Å². The number of hydrogen-bond donors (Lipinski definition) is 0. The summed E-state index contributed by atoms with van der Waals surface area (Å²) in [4.78, 5) is 44.4. The molecule has 0 radical (unpaired) electrons. The third kappa shape index (κ3) is 5.42. The third-order valence-corrected chi connectivity index (χ3v) is 9.42. The Labute approximate surface area is 282 Å². The molecule has 6 rings (SSSR count). The molecule has 0 aliphatic carbocycles. The van der Waals surface area contributed by atoms with Crippen LogP contribution < -0.4 is 25.7 Å². The molecule has 236 valence electrons. The summed E-state index contributed by atoms with van der Waals surface area (Å²) in [6.45, 7) is 3.92.